The number of rotatable bonds is 6. The van der Waals surface area contributed by atoms with Crippen LogP contribution in [-0.4, -0.2) is 25.0 Å². The van der Waals surface area contributed by atoms with Gasteiger partial charge in [0.25, 0.3) is 0 Å². The van der Waals surface area contributed by atoms with E-state index in [2.05, 4.69) is 15.9 Å². The molecule has 0 aromatic heterocycles. The van der Waals surface area contributed by atoms with E-state index in [4.69, 9.17) is 9.47 Å². The van der Waals surface area contributed by atoms with E-state index in [0.29, 0.717) is 12.2 Å². The Morgan fingerprint density at radius 2 is 2.18 bits per heavy atom. The van der Waals surface area contributed by atoms with E-state index in [1.165, 1.54) is 0 Å². The molecular weight excluding hydrogens is 284 g/mol. The van der Waals surface area contributed by atoms with Gasteiger partial charge in [-0.25, -0.2) is 4.79 Å². The molecule has 1 aromatic carbocycles. The summed E-state index contributed by atoms with van der Waals surface area (Å²) in [5.74, 6) is 0.439. The zero-order valence-corrected chi connectivity index (χ0v) is 11.7. The lowest BCUT2D eigenvalue weighted by Gasteiger charge is -2.09. The fourth-order valence-electron chi connectivity index (χ4n) is 1.55. The zero-order valence-electron chi connectivity index (χ0n) is 10.2. The number of hydrogen-bond acceptors (Lipinski definition) is 3. The molecule has 1 rings (SSSR count). The van der Waals surface area contributed by atoms with Crippen LogP contribution in [0.4, 0.5) is 0 Å². The van der Waals surface area contributed by atoms with E-state index in [0.717, 1.165) is 29.5 Å². The van der Waals surface area contributed by atoms with Crippen LogP contribution >= 0.6 is 15.9 Å². The maximum atomic E-state index is 11.6. The molecule has 0 spiro atoms. The minimum atomic E-state index is -0.308. The molecule has 0 heterocycles. The highest BCUT2D eigenvalue weighted by atomic mass is 79.9. The van der Waals surface area contributed by atoms with E-state index in [1.807, 2.05) is 6.07 Å². The maximum Gasteiger partial charge on any atom is 0.338 e. The molecule has 0 unspecified atom stereocenters. The molecule has 0 aliphatic carbocycles. The molecule has 3 nitrogen and oxygen atoms in total. The van der Waals surface area contributed by atoms with Crippen LogP contribution in [0.5, 0.6) is 5.75 Å². The Balaban J connectivity index is 2.87. The van der Waals surface area contributed by atoms with Crippen LogP contribution in [0.1, 0.15) is 29.3 Å². The maximum absolute atomic E-state index is 11.6. The van der Waals surface area contributed by atoms with E-state index in [1.54, 1.807) is 26.2 Å². The van der Waals surface area contributed by atoms with Crippen LogP contribution in [0, 0.1) is 0 Å². The molecule has 94 valence electrons. The normalized spacial score (nSPS) is 10.1. The van der Waals surface area contributed by atoms with Crippen LogP contribution < -0.4 is 4.74 Å². The Hall–Kier alpha value is -1.03. The van der Waals surface area contributed by atoms with Crippen molar-refractivity contribution in [3.63, 3.8) is 0 Å². The predicted octanol–water partition coefficient (Wildman–Crippen LogP) is 3.20. The number of methoxy groups -OCH3 is 1. The third-order valence-corrected chi connectivity index (χ3v) is 2.94. The van der Waals surface area contributed by atoms with Crippen LogP contribution in [0.3, 0.4) is 0 Å². The number of aryl methyl sites for hydroxylation is 1. The highest BCUT2D eigenvalue weighted by Crippen LogP contribution is 2.22. The minimum absolute atomic E-state index is 0.308. The first-order valence-corrected chi connectivity index (χ1v) is 6.75. The highest BCUT2D eigenvalue weighted by molar-refractivity contribution is 9.09. The predicted molar refractivity (Wildman–Crippen MR) is 71.1 cm³/mol. The second-order valence-corrected chi connectivity index (χ2v) is 4.33. The molecule has 0 fully saturated rings. The van der Waals surface area contributed by atoms with Gasteiger partial charge in [-0.2, -0.15) is 0 Å². The van der Waals surface area contributed by atoms with Gasteiger partial charge in [0, 0.05) is 5.33 Å². The molecule has 17 heavy (non-hydrogen) atoms. The number of carbonyl (C=O) groups is 1. The Morgan fingerprint density at radius 1 is 1.41 bits per heavy atom. The quantitative estimate of drug-likeness (QED) is 0.598. The Labute approximate surface area is 110 Å². The number of benzene rings is 1. The fourth-order valence-corrected chi connectivity index (χ4v) is 1.83. The van der Waals surface area contributed by atoms with Crippen LogP contribution in [0.15, 0.2) is 18.2 Å². The van der Waals surface area contributed by atoms with E-state index in [9.17, 15) is 4.79 Å². The Kier molecular flexibility index (Phi) is 6.05. The summed E-state index contributed by atoms with van der Waals surface area (Å²) in [5, 5.41) is 0.954. The third-order valence-electron chi connectivity index (χ3n) is 2.38. The highest BCUT2D eigenvalue weighted by Gasteiger charge is 2.10. The van der Waals surface area contributed by atoms with E-state index >= 15 is 0 Å². The second kappa shape index (κ2) is 7.33. The topological polar surface area (TPSA) is 35.5 Å². The van der Waals surface area contributed by atoms with Crippen LogP contribution in [0.25, 0.3) is 0 Å². The molecule has 0 bridgehead atoms. The molecule has 0 aliphatic heterocycles. The van der Waals surface area contributed by atoms with Crippen molar-refractivity contribution in [2.75, 3.05) is 19.0 Å². The molecule has 0 saturated heterocycles. The first-order valence-electron chi connectivity index (χ1n) is 5.63. The van der Waals surface area contributed by atoms with Gasteiger partial charge in [0.15, 0.2) is 0 Å². The largest absolute Gasteiger partial charge is 0.496 e. The average Bonchev–Trinajstić information content (AvgIpc) is 2.36. The number of hydrogen-bond donors (Lipinski definition) is 0. The summed E-state index contributed by atoms with van der Waals surface area (Å²) in [4.78, 5) is 11.6. The monoisotopic (exact) mass is 300 g/mol. The van der Waals surface area contributed by atoms with Crippen molar-refractivity contribution >= 4 is 21.9 Å². The van der Waals surface area contributed by atoms with Crippen molar-refractivity contribution < 1.29 is 14.3 Å². The van der Waals surface area contributed by atoms with Gasteiger partial charge in [-0.15, -0.1) is 0 Å². The summed E-state index contributed by atoms with van der Waals surface area (Å²) >= 11 is 3.40. The van der Waals surface area contributed by atoms with Crippen molar-refractivity contribution in [1.29, 1.82) is 0 Å². The van der Waals surface area contributed by atoms with Gasteiger partial charge < -0.3 is 9.47 Å². The molecule has 4 heteroatoms. The number of halogens is 1. The standard InChI is InChI=1S/C13H17BrO3/c1-3-17-13(15)11-7-6-10(5-4-8-14)12(9-11)16-2/h6-7,9H,3-5,8H2,1-2H3. The number of esters is 1. The van der Waals surface area contributed by atoms with Crippen molar-refractivity contribution in [3.8, 4) is 5.75 Å². The second-order valence-electron chi connectivity index (χ2n) is 3.54. The third kappa shape index (κ3) is 4.04. The molecule has 0 atom stereocenters. The Bertz CT molecular complexity index is 377. The lowest BCUT2D eigenvalue weighted by atomic mass is 10.1. The van der Waals surface area contributed by atoms with Gasteiger partial charge in [-0.05, 0) is 37.5 Å². The molecule has 0 N–H and O–H groups in total. The van der Waals surface area contributed by atoms with E-state index < -0.39 is 0 Å². The van der Waals surface area contributed by atoms with Gasteiger partial charge in [-0.1, -0.05) is 22.0 Å². The van der Waals surface area contributed by atoms with E-state index in [-0.39, 0.29) is 5.97 Å². The average molecular weight is 301 g/mol. The fraction of sp³-hybridized carbons (Fsp3) is 0.462. The number of alkyl halides is 1. The van der Waals surface area contributed by atoms with Crippen molar-refractivity contribution in [2.45, 2.75) is 19.8 Å². The molecule has 0 saturated carbocycles. The van der Waals surface area contributed by atoms with Gasteiger partial charge in [0.1, 0.15) is 5.75 Å². The summed E-state index contributed by atoms with van der Waals surface area (Å²) in [5.41, 5.74) is 1.64. The van der Waals surface area contributed by atoms with Gasteiger partial charge in [0.05, 0.1) is 19.3 Å². The van der Waals surface area contributed by atoms with Crippen molar-refractivity contribution in [3.05, 3.63) is 29.3 Å². The number of ether oxygens (including phenoxy) is 2. The molecule has 0 radical (unpaired) electrons. The van der Waals surface area contributed by atoms with Crippen LogP contribution in [-0.2, 0) is 11.2 Å². The molecule has 1 aromatic rings. The first kappa shape index (κ1) is 14.0. The molecule has 0 aliphatic rings. The molecule has 0 amide bonds. The lowest BCUT2D eigenvalue weighted by molar-refractivity contribution is 0.0526. The van der Waals surface area contributed by atoms with Gasteiger partial charge in [-0.3, -0.25) is 0 Å². The minimum Gasteiger partial charge on any atom is -0.496 e. The summed E-state index contributed by atoms with van der Waals surface area (Å²) in [6, 6.07) is 5.44. The summed E-state index contributed by atoms with van der Waals surface area (Å²) in [6.07, 6.45) is 1.96. The van der Waals surface area contributed by atoms with Gasteiger partial charge in [0.2, 0.25) is 0 Å². The summed E-state index contributed by atoms with van der Waals surface area (Å²) in [7, 11) is 1.61. The SMILES string of the molecule is CCOC(=O)c1ccc(CCCBr)c(OC)c1. The number of carbonyl (C=O) groups excluding carboxylic acids is 1. The van der Waals surface area contributed by atoms with Crippen molar-refractivity contribution in [1.82, 2.24) is 0 Å². The summed E-state index contributed by atoms with van der Waals surface area (Å²) < 4.78 is 10.2. The lowest BCUT2D eigenvalue weighted by Crippen LogP contribution is -2.05. The van der Waals surface area contributed by atoms with Gasteiger partial charge >= 0.3 is 5.97 Å². The smallest absolute Gasteiger partial charge is 0.338 e. The van der Waals surface area contributed by atoms with Crippen LogP contribution in [0.2, 0.25) is 0 Å². The first-order chi connectivity index (χ1) is 8.22. The Morgan fingerprint density at radius 3 is 2.76 bits per heavy atom. The zero-order chi connectivity index (χ0) is 12.7. The summed E-state index contributed by atoms with van der Waals surface area (Å²) in [6.45, 7) is 2.17. The molecular formula is C13H17BrO3. The van der Waals surface area contributed by atoms with Crippen molar-refractivity contribution in [2.24, 2.45) is 0 Å².